The molecule has 0 fully saturated rings. The van der Waals surface area contributed by atoms with E-state index in [1.54, 1.807) is 0 Å². The van der Waals surface area contributed by atoms with Gasteiger partial charge in [-0.1, -0.05) is 33.6 Å². The third kappa shape index (κ3) is 4.77. The molecule has 16 heavy (non-hydrogen) atoms. The second kappa shape index (κ2) is 8.31. The molecule has 0 heterocycles. The molecule has 0 saturated heterocycles. The second-order valence-corrected chi connectivity index (χ2v) is 4.32. The molecule has 0 bridgehead atoms. The number of hydrogen-bond donors (Lipinski definition) is 1. The van der Waals surface area contributed by atoms with Crippen molar-refractivity contribution in [3.05, 3.63) is 0 Å². The number of rotatable bonds is 9. The monoisotopic (exact) mass is 228 g/mol. The fourth-order valence-electron chi connectivity index (χ4n) is 2.07. The molecule has 0 radical (unpaired) electrons. The minimum atomic E-state index is -0.828. The highest BCUT2D eigenvalue weighted by atomic mass is 16.4. The molecule has 2 atom stereocenters. The lowest BCUT2D eigenvalue weighted by Gasteiger charge is -2.21. The lowest BCUT2D eigenvalue weighted by molar-refractivity contribution is -0.147. The minimum Gasteiger partial charge on any atom is -0.481 e. The van der Waals surface area contributed by atoms with E-state index < -0.39 is 11.9 Å². The Bertz CT molecular complexity index is 223. The summed E-state index contributed by atoms with van der Waals surface area (Å²) in [4.78, 5) is 23.0. The number of Topliss-reactive ketones (excluding diaryl/α,β-unsaturated/α-hetero) is 1. The van der Waals surface area contributed by atoms with Crippen molar-refractivity contribution in [1.29, 1.82) is 0 Å². The van der Waals surface area contributed by atoms with E-state index in [2.05, 4.69) is 0 Å². The van der Waals surface area contributed by atoms with Gasteiger partial charge in [-0.2, -0.15) is 0 Å². The van der Waals surface area contributed by atoms with Crippen LogP contribution in [0.2, 0.25) is 0 Å². The fraction of sp³-hybridized carbons (Fsp3) is 0.846. The van der Waals surface area contributed by atoms with Crippen LogP contribution >= 0.6 is 0 Å². The maximum atomic E-state index is 11.9. The number of aliphatic carboxylic acids is 1. The summed E-state index contributed by atoms with van der Waals surface area (Å²) in [6, 6.07) is 0. The topological polar surface area (TPSA) is 54.4 Å². The largest absolute Gasteiger partial charge is 0.481 e. The van der Waals surface area contributed by atoms with Gasteiger partial charge in [0.1, 0.15) is 5.78 Å². The summed E-state index contributed by atoms with van der Waals surface area (Å²) in [5.74, 6) is -1.47. The summed E-state index contributed by atoms with van der Waals surface area (Å²) in [6.07, 6.45) is 4.49. The van der Waals surface area contributed by atoms with E-state index in [-0.39, 0.29) is 11.7 Å². The number of carbonyl (C=O) groups is 2. The number of ketones is 1. The zero-order valence-electron chi connectivity index (χ0n) is 10.7. The molecular weight excluding hydrogens is 204 g/mol. The Kier molecular flexibility index (Phi) is 7.86. The number of carboxylic acid groups (broad SMARTS) is 1. The van der Waals surface area contributed by atoms with E-state index in [1.807, 2.05) is 20.8 Å². The number of carboxylic acids is 1. The molecular formula is C13H24O3. The van der Waals surface area contributed by atoms with E-state index in [0.29, 0.717) is 19.3 Å². The number of hydrogen-bond acceptors (Lipinski definition) is 2. The van der Waals surface area contributed by atoms with Crippen LogP contribution in [0.1, 0.15) is 59.3 Å². The van der Waals surface area contributed by atoms with E-state index in [0.717, 1.165) is 19.3 Å². The summed E-state index contributed by atoms with van der Waals surface area (Å²) in [7, 11) is 0. The van der Waals surface area contributed by atoms with Gasteiger partial charge < -0.3 is 5.11 Å². The van der Waals surface area contributed by atoms with Crippen LogP contribution in [0, 0.1) is 11.8 Å². The lowest BCUT2D eigenvalue weighted by atomic mass is 9.82. The van der Waals surface area contributed by atoms with Gasteiger partial charge in [0.2, 0.25) is 0 Å². The zero-order valence-corrected chi connectivity index (χ0v) is 10.7. The predicted molar refractivity (Wildman–Crippen MR) is 64.3 cm³/mol. The molecule has 3 heteroatoms. The molecule has 0 aromatic heterocycles. The molecule has 94 valence electrons. The van der Waals surface area contributed by atoms with Gasteiger partial charge in [0.15, 0.2) is 0 Å². The van der Waals surface area contributed by atoms with Crippen molar-refractivity contribution in [2.75, 3.05) is 0 Å². The third-order valence-electron chi connectivity index (χ3n) is 3.03. The Morgan fingerprint density at radius 2 is 1.69 bits per heavy atom. The maximum absolute atomic E-state index is 11.9. The smallest absolute Gasteiger partial charge is 0.307 e. The summed E-state index contributed by atoms with van der Waals surface area (Å²) in [5.41, 5.74) is 0. The molecule has 0 aromatic rings. The van der Waals surface area contributed by atoms with Crippen LogP contribution in [0.4, 0.5) is 0 Å². The molecule has 0 rings (SSSR count). The Hall–Kier alpha value is -0.860. The van der Waals surface area contributed by atoms with E-state index >= 15 is 0 Å². The van der Waals surface area contributed by atoms with Crippen LogP contribution in [0.3, 0.4) is 0 Å². The van der Waals surface area contributed by atoms with Crippen LogP contribution in [-0.2, 0) is 9.59 Å². The standard InChI is InChI=1S/C13H24O3/c1-4-7-9-12(14)11(8-5-2)10(6-3)13(15)16/h10-11H,4-9H2,1-3H3,(H,15,16). The summed E-state index contributed by atoms with van der Waals surface area (Å²) < 4.78 is 0. The highest BCUT2D eigenvalue weighted by Gasteiger charge is 2.30. The first-order valence-corrected chi connectivity index (χ1v) is 6.33. The maximum Gasteiger partial charge on any atom is 0.307 e. The molecule has 0 spiro atoms. The highest BCUT2D eigenvalue weighted by molar-refractivity contribution is 5.86. The van der Waals surface area contributed by atoms with Crippen LogP contribution in [0.15, 0.2) is 0 Å². The highest BCUT2D eigenvalue weighted by Crippen LogP contribution is 2.24. The van der Waals surface area contributed by atoms with Crippen LogP contribution in [0.25, 0.3) is 0 Å². The molecule has 2 unspecified atom stereocenters. The predicted octanol–water partition coefficient (Wildman–Crippen LogP) is 3.27. The van der Waals surface area contributed by atoms with Crippen molar-refractivity contribution in [3.63, 3.8) is 0 Å². The molecule has 0 aliphatic carbocycles. The average molecular weight is 228 g/mol. The Labute approximate surface area is 98.2 Å². The van der Waals surface area contributed by atoms with Crippen molar-refractivity contribution in [1.82, 2.24) is 0 Å². The van der Waals surface area contributed by atoms with Gasteiger partial charge in [-0.15, -0.1) is 0 Å². The summed E-state index contributed by atoms with van der Waals surface area (Å²) >= 11 is 0. The van der Waals surface area contributed by atoms with E-state index in [9.17, 15) is 9.59 Å². The van der Waals surface area contributed by atoms with Gasteiger partial charge in [0.25, 0.3) is 0 Å². The molecule has 0 aliphatic heterocycles. The van der Waals surface area contributed by atoms with Crippen molar-refractivity contribution in [3.8, 4) is 0 Å². The van der Waals surface area contributed by atoms with Crippen LogP contribution < -0.4 is 0 Å². The van der Waals surface area contributed by atoms with E-state index in [4.69, 9.17) is 5.11 Å². The van der Waals surface area contributed by atoms with Crippen LogP contribution in [-0.4, -0.2) is 16.9 Å². The molecule has 0 aliphatic rings. The van der Waals surface area contributed by atoms with E-state index in [1.165, 1.54) is 0 Å². The molecule has 0 amide bonds. The van der Waals surface area contributed by atoms with Gasteiger partial charge >= 0.3 is 5.97 Å². The first-order chi connectivity index (χ1) is 7.58. The van der Waals surface area contributed by atoms with Gasteiger partial charge in [-0.3, -0.25) is 9.59 Å². The molecule has 0 aromatic carbocycles. The average Bonchev–Trinajstić information content (AvgIpc) is 2.25. The SMILES string of the molecule is CCCCC(=O)C(CCC)C(CC)C(=O)O. The van der Waals surface area contributed by atoms with Crippen molar-refractivity contribution in [2.45, 2.75) is 59.3 Å². The molecule has 3 nitrogen and oxygen atoms in total. The summed E-state index contributed by atoms with van der Waals surface area (Å²) in [6.45, 7) is 5.87. The molecule has 1 N–H and O–H groups in total. The van der Waals surface area contributed by atoms with Gasteiger partial charge in [-0.05, 0) is 19.3 Å². The van der Waals surface area contributed by atoms with Gasteiger partial charge in [-0.25, -0.2) is 0 Å². The van der Waals surface area contributed by atoms with Crippen molar-refractivity contribution >= 4 is 11.8 Å². The third-order valence-corrected chi connectivity index (χ3v) is 3.03. The zero-order chi connectivity index (χ0) is 12.6. The van der Waals surface area contributed by atoms with Crippen molar-refractivity contribution in [2.24, 2.45) is 11.8 Å². The normalized spacial score (nSPS) is 14.4. The van der Waals surface area contributed by atoms with Gasteiger partial charge in [0, 0.05) is 12.3 Å². The van der Waals surface area contributed by atoms with Gasteiger partial charge in [0.05, 0.1) is 5.92 Å². The molecule has 0 saturated carbocycles. The second-order valence-electron chi connectivity index (χ2n) is 4.32. The quantitative estimate of drug-likeness (QED) is 0.659. The Morgan fingerprint density at radius 3 is 2.06 bits per heavy atom. The minimum absolute atomic E-state index is 0.137. The lowest BCUT2D eigenvalue weighted by Crippen LogP contribution is -2.29. The first kappa shape index (κ1) is 15.1. The Balaban J connectivity index is 4.55. The van der Waals surface area contributed by atoms with Crippen LogP contribution in [0.5, 0.6) is 0 Å². The fourth-order valence-corrected chi connectivity index (χ4v) is 2.07. The van der Waals surface area contributed by atoms with Crippen molar-refractivity contribution < 1.29 is 14.7 Å². The number of unbranched alkanes of at least 4 members (excludes halogenated alkanes) is 1. The summed E-state index contributed by atoms with van der Waals surface area (Å²) in [5, 5.41) is 9.09. The Morgan fingerprint density at radius 1 is 1.06 bits per heavy atom. The first-order valence-electron chi connectivity index (χ1n) is 6.33. The number of carbonyl (C=O) groups excluding carboxylic acids is 1.